The lowest BCUT2D eigenvalue weighted by Crippen LogP contribution is -2.40. The van der Waals surface area contributed by atoms with Crippen LogP contribution in [0.25, 0.3) is 10.9 Å². The van der Waals surface area contributed by atoms with E-state index in [1.54, 1.807) is 6.20 Å². The Kier molecular flexibility index (Phi) is 3.78. The minimum Gasteiger partial charge on any atom is -0.323 e. The van der Waals surface area contributed by atoms with E-state index < -0.39 is 0 Å². The number of nitrogens with zero attached hydrogens (tertiary/aromatic N) is 2. The number of anilines is 1. The summed E-state index contributed by atoms with van der Waals surface area (Å²) >= 11 is 1.90. The maximum absolute atomic E-state index is 12.3. The van der Waals surface area contributed by atoms with Crippen LogP contribution in [0, 0.1) is 6.92 Å². The third-order valence-corrected chi connectivity index (χ3v) is 4.45. The highest BCUT2D eigenvalue weighted by atomic mass is 32.2. The Hall–Kier alpha value is -1.75. The molecule has 1 fully saturated rings. The van der Waals surface area contributed by atoms with Crippen molar-refractivity contribution in [3.63, 3.8) is 0 Å². The molecule has 1 aliphatic heterocycles. The number of pyridine rings is 1. The van der Waals surface area contributed by atoms with Crippen molar-refractivity contribution < 1.29 is 4.79 Å². The van der Waals surface area contributed by atoms with E-state index in [2.05, 4.69) is 10.3 Å². The Balaban J connectivity index is 1.87. The molecule has 5 heteroatoms. The van der Waals surface area contributed by atoms with Gasteiger partial charge in [-0.25, -0.2) is 4.79 Å². The molecule has 1 aromatic heterocycles. The lowest BCUT2D eigenvalue weighted by molar-refractivity contribution is 0.217. The van der Waals surface area contributed by atoms with E-state index in [1.807, 2.05) is 47.9 Å². The Bertz CT molecular complexity index is 638. The summed E-state index contributed by atoms with van der Waals surface area (Å²) in [6.45, 7) is 3.67. The van der Waals surface area contributed by atoms with Crippen LogP contribution in [-0.4, -0.2) is 40.5 Å². The molecule has 4 nitrogen and oxygen atoms in total. The van der Waals surface area contributed by atoms with Gasteiger partial charge in [0.1, 0.15) is 0 Å². The number of rotatable bonds is 1. The minimum absolute atomic E-state index is 0.0145. The molecule has 2 aromatic rings. The van der Waals surface area contributed by atoms with Gasteiger partial charge in [-0.2, -0.15) is 11.8 Å². The summed E-state index contributed by atoms with van der Waals surface area (Å²) in [5.41, 5.74) is 2.90. The molecular formula is C15H17N3OS. The zero-order valence-electron chi connectivity index (χ0n) is 11.4. The highest BCUT2D eigenvalue weighted by molar-refractivity contribution is 7.99. The predicted octanol–water partition coefficient (Wildman–Crippen LogP) is 3.12. The molecule has 0 radical (unpaired) electrons. The number of thioether (sulfide) groups is 1. The molecule has 20 heavy (non-hydrogen) atoms. The van der Waals surface area contributed by atoms with Crippen LogP contribution in [-0.2, 0) is 0 Å². The fourth-order valence-electron chi connectivity index (χ4n) is 2.38. The van der Waals surface area contributed by atoms with Gasteiger partial charge in [-0.3, -0.25) is 4.98 Å². The summed E-state index contributed by atoms with van der Waals surface area (Å²) in [7, 11) is 0. The van der Waals surface area contributed by atoms with Gasteiger partial charge in [-0.05, 0) is 30.7 Å². The van der Waals surface area contributed by atoms with Crippen LogP contribution in [0.3, 0.4) is 0 Å². The quantitative estimate of drug-likeness (QED) is 0.876. The van der Waals surface area contributed by atoms with E-state index >= 15 is 0 Å². The number of hydrogen-bond acceptors (Lipinski definition) is 3. The van der Waals surface area contributed by atoms with Gasteiger partial charge in [0.05, 0.1) is 11.2 Å². The standard InChI is InChI=1S/C15H17N3OS/c1-11-4-5-13(12-3-2-6-16-14(11)12)17-15(19)18-7-9-20-10-8-18/h2-6H,7-10H2,1H3,(H,17,19). The van der Waals surface area contributed by atoms with Gasteiger partial charge in [0.2, 0.25) is 0 Å². The van der Waals surface area contributed by atoms with Crippen LogP contribution in [0.15, 0.2) is 30.5 Å². The number of nitrogens with one attached hydrogen (secondary N) is 1. The maximum atomic E-state index is 12.3. The SMILES string of the molecule is Cc1ccc(NC(=O)N2CCSCC2)c2cccnc12. The van der Waals surface area contributed by atoms with Gasteiger partial charge in [0.15, 0.2) is 0 Å². The molecule has 0 saturated carbocycles. The molecule has 104 valence electrons. The average Bonchev–Trinajstić information content (AvgIpc) is 2.51. The van der Waals surface area contributed by atoms with Crippen LogP contribution >= 0.6 is 11.8 Å². The largest absolute Gasteiger partial charge is 0.323 e. The van der Waals surface area contributed by atoms with E-state index in [4.69, 9.17) is 0 Å². The van der Waals surface area contributed by atoms with Crippen LogP contribution < -0.4 is 5.32 Å². The molecule has 2 heterocycles. The molecule has 3 rings (SSSR count). The molecular weight excluding hydrogens is 270 g/mol. The summed E-state index contributed by atoms with van der Waals surface area (Å²) in [6.07, 6.45) is 1.78. The van der Waals surface area contributed by atoms with Crippen LogP contribution in [0.1, 0.15) is 5.56 Å². The second-order valence-corrected chi connectivity index (χ2v) is 6.08. The summed E-state index contributed by atoms with van der Waals surface area (Å²) in [6, 6.07) is 7.83. The number of aryl methyl sites for hydroxylation is 1. The number of amides is 2. The van der Waals surface area contributed by atoms with E-state index in [0.717, 1.165) is 46.7 Å². The van der Waals surface area contributed by atoms with Gasteiger partial charge in [0.25, 0.3) is 0 Å². The van der Waals surface area contributed by atoms with Crippen molar-refractivity contribution in [2.24, 2.45) is 0 Å². The third kappa shape index (κ3) is 2.58. The molecule has 1 saturated heterocycles. The number of urea groups is 1. The minimum atomic E-state index is -0.0145. The Labute approximate surface area is 122 Å². The number of benzene rings is 1. The normalized spacial score (nSPS) is 15.3. The molecule has 1 N–H and O–H groups in total. The molecule has 1 aromatic carbocycles. The van der Waals surface area contributed by atoms with Gasteiger partial charge in [-0.1, -0.05) is 6.07 Å². The van der Waals surface area contributed by atoms with Crippen molar-refractivity contribution in [3.05, 3.63) is 36.0 Å². The first-order chi connectivity index (χ1) is 9.75. The monoisotopic (exact) mass is 287 g/mol. The number of hydrogen-bond donors (Lipinski definition) is 1. The van der Waals surface area contributed by atoms with Gasteiger partial charge >= 0.3 is 6.03 Å². The van der Waals surface area contributed by atoms with Gasteiger partial charge < -0.3 is 10.2 Å². The Morgan fingerprint density at radius 3 is 2.90 bits per heavy atom. The molecule has 0 bridgehead atoms. The fourth-order valence-corrected chi connectivity index (χ4v) is 3.29. The number of carbonyl (C=O) groups is 1. The third-order valence-electron chi connectivity index (χ3n) is 3.51. The van der Waals surface area contributed by atoms with E-state index in [0.29, 0.717) is 0 Å². The topological polar surface area (TPSA) is 45.2 Å². The number of aromatic nitrogens is 1. The zero-order chi connectivity index (χ0) is 13.9. The molecule has 1 aliphatic rings. The summed E-state index contributed by atoms with van der Waals surface area (Å²) in [5.74, 6) is 2.03. The first-order valence-corrected chi connectivity index (χ1v) is 7.89. The summed E-state index contributed by atoms with van der Waals surface area (Å²) in [4.78, 5) is 18.5. The van der Waals surface area contributed by atoms with Crippen molar-refractivity contribution in [1.82, 2.24) is 9.88 Å². The Morgan fingerprint density at radius 2 is 2.10 bits per heavy atom. The summed E-state index contributed by atoms with van der Waals surface area (Å²) in [5, 5.41) is 4.01. The smallest absolute Gasteiger partial charge is 0.321 e. The lowest BCUT2D eigenvalue weighted by atomic mass is 10.1. The highest BCUT2D eigenvalue weighted by Crippen LogP contribution is 2.25. The van der Waals surface area contributed by atoms with Crippen molar-refractivity contribution in [3.8, 4) is 0 Å². The Morgan fingerprint density at radius 1 is 1.30 bits per heavy atom. The first kappa shape index (κ1) is 13.2. The van der Waals surface area contributed by atoms with Crippen LogP contribution in [0.2, 0.25) is 0 Å². The number of fused-ring (bicyclic) bond motifs is 1. The average molecular weight is 287 g/mol. The first-order valence-electron chi connectivity index (χ1n) is 6.74. The van der Waals surface area contributed by atoms with Gasteiger partial charge in [0, 0.05) is 36.2 Å². The second kappa shape index (κ2) is 5.71. The molecule has 2 amide bonds. The highest BCUT2D eigenvalue weighted by Gasteiger charge is 2.17. The van der Waals surface area contributed by atoms with E-state index in [1.165, 1.54) is 0 Å². The van der Waals surface area contributed by atoms with Crippen molar-refractivity contribution in [1.29, 1.82) is 0 Å². The molecule has 0 spiro atoms. The molecule has 0 atom stereocenters. The van der Waals surface area contributed by atoms with Crippen molar-refractivity contribution >= 4 is 34.4 Å². The second-order valence-electron chi connectivity index (χ2n) is 4.86. The van der Waals surface area contributed by atoms with Crippen LogP contribution in [0.4, 0.5) is 10.5 Å². The van der Waals surface area contributed by atoms with Crippen molar-refractivity contribution in [2.75, 3.05) is 29.9 Å². The van der Waals surface area contributed by atoms with Crippen molar-refractivity contribution in [2.45, 2.75) is 6.92 Å². The molecule has 0 aliphatic carbocycles. The predicted molar refractivity (Wildman–Crippen MR) is 84.4 cm³/mol. The van der Waals surface area contributed by atoms with E-state index in [-0.39, 0.29) is 6.03 Å². The van der Waals surface area contributed by atoms with E-state index in [9.17, 15) is 4.79 Å². The maximum Gasteiger partial charge on any atom is 0.321 e. The van der Waals surface area contributed by atoms with Gasteiger partial charge in [-0.15, -0.1) is 0 Å². The number of carbonyl (C=O) groups excluding carboxylic acids is 1. The lowest BCUT2D eigenvalue weighted by Gasteiger charge is -2.26. The zero-order valence-corrected chi connectivity index (χ0v) is 12.2. The fraction of sp³-hybridized carbons (Fsp3) is 0.333. The summed E-state index contributed by atoms with van der Waals surface area (Å²) < 4.78 is 0. The molecule has 0 unspecified atom stereocenters. The van der Waals surface area contributed by atoms with Crippen LogP contribution in [0.5, 0.6) is 0 Å².